The number of carbonyl (C=O) groups is 2. The lowest BCUT2D eigenvalue weighted by atomic mass is 10.1. The smallest absolute Gasteiger partial charge is 0.221 e. The van der Waals surface area contributed by atoms with Gasteiger partial charge in [-0.1, -0.05) is 0 Å². The van der Waals surface area contributed by atoms with Crippen LogP contribution in [0.3, 0.4) is 0 Å². The zero-order valence-corrected chi connectivity index (χ0v) is 14.9. The van der Waals surface area contributed by atoms with Crippen LogP contribution in [0.5, 0.6) is 0 Å². The number of hydrogen-bond acceptors (Lipinski definition) is 5. The fourth-order valence-corrected chi connectivity index (χ4v) is 3.79. The SMILES string of the molecule is CC(=O)NC[C@H]1CC[C@@H](CC(=O)NCCc2scnc2C)N1C. The Morgan fingerprint density at radius 3 is 2.74 bits per heavy atom. The van der Waals surface area contributed by atoms with Crippen molar-refractivity contribution in [3.8, 4) is 0 Å². The van der Waals surface area contributed by atoms with Crippen LogP contribution < -0.4 is 10.6 Å². The minimum Gasteiger partial charge on any atom is -0.356 e. The van der Waals surface area contributed by atoms with E-state index in [4.69, 9.17) is 0 Å². The van der Waals surface area contributed by atoms with E-state index < -0.39 is 0 Å². The summed E-state index contributed by atoms with van der Waals surface area (Å²) in [5.74, 6) is 0.0992. The van der Waals surface area contributed by atoms with E-state index in [1.54, 1.807) is 11.3 Å². The molecule has 1 aromatic heterocycles. The third-order valence-electron chi connectivity index (χ3n) is 4.51. The van der Waals surface area contributed by atoms with Crippen molar-refractivity contribution in [2.75, 3.05) is 20.1 Å². The van der Waals surface area contributed by atoms with Gasteiger partial charge in [0.05, 0.1) is 11.2 Å². The highest BCUT2D eigenvalue weighted by molar-refractivity contribution is 7.09. The van der Waals surface area contributed by atoms with E-state index in [0.29, 0.717) is 25.6 Å². The summed E-state index contributed by atoms with van der Waals surface area (Å²) in [7, 11) is 2.04. The minimum absolute atomic E-state index is 0.00190. The van der Waals surface area contributed by atoms with E-state index in [0.717, 1.165) is 25.0 Å². The molecule has 2 rings (SSSR count). The maximum atomic E-state index is 12.1. The molecule has 1 fully saturated rings. The lowest BCUT2D eigenvalue weighted by Gasteiger charge is -2.25. The van der Waals surface area contributed by atoms with Crippen LogP contribution in [-0.4, -0.2) is 53.9 Å². The van der Waals surface area contributed by atoms with Crippen LogP contribution in [0.4, 0.5) is 0 Å². The summed E-state index contributed by atoms with van der Waals surface area (Å²) in [6.07, 6.45) is 3.39. The van der Waals surface area contributed by atoms with Gasteiger partial charge >= 0.3 is 0 Å². The highest BCUT2D eigenvalue weighted by atomic mass is 32.1. The van der Waals surface area contributed by atoms with E-state index in [9.17, 15) is 9.59 Å². The van der Waals surface area contributed by atoms with Crippen molar-refractivity contribution < 1.29 is 9.59 Å². The number of carbonyl (C=O) groups excluding carboxylic acids is 2. The van der Waals surface area contributed by atoms with E-state index >= 15 is 0 Å². The van der Waals surface area contributed by atoms with Gasteiger partial charge in [-0.25, -0.2) is 4.98 Å². The quantitative estimate of drug-likeness (QED) is 0.781. The molecule has 23 heavy (non-hydrogen) atoms. The molecule has 6 nitrogen and oxygen atoms in total. The van der Waals surface area contributed by atoms with Crippen molar-refractivity contribution in [1.29, 1.82) is 0 Å². The molecule has 1 saturated heterocycles. The molecule has 1 aromatic rings. The second-order valence-electron chi connectivity index (χ2n) is 6.15. The lowest BCUT2D eigenvalue weighted by molar-refractivity contribution is -0.122. The van der Waals surface area contributed by atoms with E-state index in [2.05, 4.69) is 20.5 Å². The fourth-order valence-electron chi connectivity index (χ4n) is 3.01. The first kappa shape index (κ1) is 17.9. The van der Waals surface area contributed by atoms with Gasteiger partial charge in [-0.2, -0.15) is 0 Å². The number of nitrogens with one attached hydrogen (secondary N) is 2. The molecule has 2 heterocycles. The van der Waals surface area contributed by atoms with E-state index in [1.807, 2.05) is 19.5 Å². The van der Waals surface area contributed by atoms with Crippen LogP contribution in [0.2, 0.25) is 0 Å². The second-order valence-corrected chi connectivity index (χ2v) is 7.09. The van der Waals surface area contributed by atoms with Crippen molar-refractivity contribution in [2.24, 2.45) is 0 Å². The van der Waals surface area contributed by atoms with Gasteiger partial charge in [0.2, 0.25) is 11.8 Å². The summed E-state index contributed by atoms with van der Waals surface area (Å²) in [6.45, 7) is 4.85. The lowest BCUT2D eigenvalue weighted by Crippen LogP contribution is -2.42. The first-order valence-corrected chi connectivity index (χ1v) is 8.97. The molecule has 0 saturated carbocycles. The number of rotatable bonds is 7. The average Bonchev–Trinajstić information content (AvgIpc) is 3.05. The van der Waals surface area contributed by atoms with Gasteiger partial charge in [0.25, 0.3) is 0 Å². The van der Waals surface area contributed by atoms with Crippen LogP contribution in [0.1, 0.15) is 36.8 Å². The normalized spacial score (nSPS) is 21.3. The molecule has 128 valence electrons. The number of likely N-dealkylation sites (tertiary alicyclic amines) is 1. The van der Waals surface area contributed by atoms with Crippen LogP contribution in [0.25, 0.3) is 0 Å². The van der Waals surface area contributed by atoms with Crippen molar-refractivity contribution in [3.63, 3.8) is 0 Å². The molecule has 0 bridgehead atoms. The van der Waals surface area contributed by atoms with Gasteiger partial charge in [0.1, 0.15) is 0 Å². The van der Waals surface area contributed by atoms with E-state index in [1.165, 1.54) is 11.8 Å². The predicted molar refractivity (Wildman–Crippen MR) is 91.4 cm³/mol. The number of hydrogen-bond donors (Lipinski definition) is 2. The van der Waals surface area contributed by atoms with E-state index in [-0.39, 0.29) is 17.9 Å². The fraction of sp³-hybridized carbons (Fsp3) is 0.688. The molecule has 1 aliphatic heterocycles. The Labute approximate surface area is 141 Å². The Balaban J connectivity index is 1.69. The van der Waals surface area contributed by atoms with Crippen molar-refractivity contribution in [1.82, 2.24) is 20.5 Å². The van der Waals surface area contributed by atoms with Crippen molar-refractivity contribution in [2.45, 2.75) is 51.6 Å². The number of thiazole rings is 1. The Morgan fingerprint density at radius 2 is 2.09 bits per heavy atom. The van der Waals surface area contributed by atoms with Gasteiger partial charge in [-0.05, 0) is 26.8 Å². The summed E-state index contributed by atoms with van der Waals surface area (Å²) < 4.78 is 0. The summed E-state index contributed by atoms with van der Waals surface area (Å²) >= 11 is 1.64. The Morgan fingerprint density at radius 1 is 1.35 bits per heavy atom. The molecule has 0 radical (unpaired) electrons. The van der Waals surface area contributed by atoms with Gasteiger partial charge in [-0.15, -0.1) is 11.3 Å². The Bertz CT molecular complexity index is 546. The topological polar surface area (TPSA) is 74.3 Å². The molecule has 0 unspecified atom stereocenters. The minimum atomic E-state index is -0.00190. The largest absolute Gasteiger partial charge is 0.356 e. The zero-order chi connectivity index (χ0) is 16.8. The maximum Gasteiger partial charge on any atom is 0.221 e. The van der Waals surface area contributed by atoms with Crippen LogP contribution in [-0.2, 0) is 16.0 Å². The second kappa shape index (κ2) is 8.40. The van der Waals surface area contributed by atoms with Crippen LogP contribution in [0, 0.1) is 6.92 Å². The Kier molecular flexibility index (Phi) is 6.53. The number of amides is 2. The maximum absolute atomic E-state index is 12.1. The number of aryl methyl sites for hydroxylation is 1. The van der Waals surface area contributed by atoms with Gasteiger partial charge in [0.15, 0.2) is 0 Å². The average molecular weight is 338 g/mol. The summed E-state index contributed by atoms with van der Waals surface area (Å²) in [5.41, 5.74) is 2.90. The van der Waals surface area contributed by atoms with Crippen LogP contribution in [0.15, 0.2) is 5.51 Å². The number of nitrogens with zero attached hydrogens (tertiary/aromatic N) is 2. The summed E-state index contributed by atoms with van der Waals surface area (Å²) in [4.78, 5) is 30.8. The number of aromatic nitrogens is 1. The first-order chi connectivity index (χ1) is 11.0. The first-order valence-electron chi connectivity index (χ1n) is 8.09. The molecule has 7 heteroatoms. The van der Waals surface area contributed by atoms with Crippen LogP contribution >= 0.6 is 11.3 Å². The molecule has 2 amide bonds. The van der Waals surface area contributed by atoms with Crippen molar-refractivity contribution in [3.05, 3.63) is 16.1 Å². The molecule has 0 spiro atoms. The zero-order valence-electron chi connectivity index (χ0n) is 14.1. The predicted octanol–water partition coefficient (Wildman–Crippen LogP) is 1.10. The molecule has 2 atom stereocenters. The standard InChI is InChI=1S/C16H26N4O2S/c1-11-15(23-10-19-11)6-7-17-16(22)8-13-4-5-14(20(13)3)9-18-12(2)21/h10,13-14H,4-9H2,1-3H3,(H,17,22)(H,18,21)/t13-,14+/m0/s1. The highest BCUT2D eigenvalue weighted by Crippen LogP contribution is 2.24. The molecule has 0 aliphatic carbocycles. The molecule has 1 aliphatic rings. The molecular weight excluding hydrogens is 312 g/mol. The molecular formula is C16H26N4O2S. The summed E-state index contributed by atoms with van der Waals surface area (Å²) in [6, 6.07) is 0.593. The molecule has 0 aromatic carbocycles. The summed E-state index contributed by atoms with van der Waals surface area (Å²) in [5, 5.41) is 5.87. The Hall–Kier alpha value is -1.47. The third kappa shape index (κ3) is 5.28. The van der Waals surface area contributed by atoms with Crippen molar-refractivity contribution >= 4 is 23.2 Å². The monoisotopic (exact) mass is 338 g/mol. The number of likely N-dealkylation sites (N-methyl/N-ethyl adjacent to an activating group) is 1. The van der Waals surface area contributed by atoms with Gasteiger partial charge in [0, 0.05) is 49.8 Å². The molecule has 2 N–H and O–H groups in total. The highest BCUT2D eigenvalue weighted by Gasteiger charge is 2.31. The van der Waals surface area contributed by atoms with Gasteiger partial charge in [-0.3, -0.25) is 14.5 Å². The van der Waals surface area contributed by atoms with Gasteiger partial charge < -0.3 is 10.6 Å². The third-order valence-corrected chi connectivity index (χ3v) is 5.51.